The molecule has 0 radical (unpaired) electrons. The Morgan fingerprint density at radius 3 is 2.00 bits per heavy atom. The van der Waals surface area contributed by atoms with E-state index < -0.39 is 8.41 Å². The molecule has 0 saturated heterocycles. The molecule has 0 rings (SSSR count). The van der Waals surface area contributed by atoms with Gasteiger partial charge in [0.25, 0.3) is 8.41 Å². The summed E-state index contributed by atoms with van der Waals surface area (Å²) in [6, 6.07) is 0. The van der Waals surface area contributed by atoms with Crippen LogP contribution in [0.1, 0.15) is 13.8 Å². The standard InChI is InChI=1S/C6H15FOSi/c1-6(2)8-5-9(3,4)7/h6H,5H2,1-4H3. The summed E-state index contributed by atoms with van der Waals surface area (Å²) in [4.78, 5) is 0. The molecule has 0 aliphatic carbocycles. The molecule has 0 spiro atoms. The van der Waals surface area contributed by atoms with E-state index in [0.717, 1.165) is 0 Å². The maximum atomic E-state index is 12.8. The summed E-state index contributed by atoms with van der Waals surface area (Å²) in [5.41, 5.74) is 0. The highest BCUT2D eigenvalue weighted by atomic mass is 28.4. The largest absolute Gasteiger partial charge is 0.379 e. The van der Waals surface area contributed by atoms with Crippen LogP contribution in [0.15, 0.2) is 0 Å². The summed E-state index contributed by atoms with van der Waals surface area (Å²) < 4.78 is 17.9. The van der Waals surface area contributed by atoms with Crippen LogP contribution < -0.4 is 0 Å². The van der Waals surface area contributed by atoms with Gasteiger partial charge in [0.2, 0.25) is 0 Å². The van der Waals surface area contributed by atoms with Crippen molar-refractivity contribution < 1.29 is 8.84 Å². The van der Waals surface area contributed by atoms with Crippen LogP contribution in [-0.2, 0) is 4.74 Å². The lowest BCUT2D eigenvalue weighted by atomic mass is 10.5. The van der Waals surface area contributed by atoms with Crippen molar-refractivity contribution in [1.82, 2.24) is 0 Å². The van der Waals surface area contributed by atoms with Gasteiger partial charge in [-0.3, -0.25) is 0 Å². The van der Waals surface area contributed by atoms with Crippen molar-refractivity contribution in [3.05, 3.63) is 0 Å². The first-order valence-electron chi connectivity index (χ1n) is 3.22. The van der Waals surface area contributed by atoms with Crippen LogP contribution in [0.25, 0.3) is 0 Å². The lowest BCUT2D eigenvalue weighted by Gasteiger charge is -2.13. The zero-order chi connectivity index (χ0) is 7.49. The number of ether oxygens (including phenoxy) is 1. The molecule has 0 N–H and O–H groups in total. The fourth-order valence-corrected chi connectivity index (χ4v) is 1.09. The van der Waals surface area contributed by atoms with Crippen LogP contribution in [0.3, 0.4) is 0 Å². The maximum Gasteiger partial charge on any atom is 0.266 e. The predicted octanol–water partition coefficient (Wildman–Crippen LogP) is 2.13. The molecule has 0 amide bonds. The van der Waals surface area contributed by atoms with Crippen molar-refractivity contribution in [1.29, 1.82) is 0 Å². The fourth-order valence-electron chi connectivity index (χ4n) is 0.365. The molecule has 0 aromatic rings. The van der Waals surface area contributed by atoms with Crippen molar-refractivity contribution in [2.24, 2.45) is 0 Å². The molecule has 0 unspecified atom stereocenters. The normalized spacial score (nSPS) is 12.7. The van der Waals surface area contributed by atoms with E-state index in [2.05, 4.69) is 0 Å². The zero-order valence-electron chi connectivity index (χ0n) is 6.57. The van der Waals surface area contributed by atoms with Crippen molar-refractivity contribution in [3.63, 3.8) is 0 Å². The molecule has 0 atom stereocenters. The molecule has 0 bridgehead atoms. The highest BCUT2D eigenvalue weighted by molar-refractivity contribution is 6.70. The minimum atomic E-state index is -2.44. The van der Waals surface area contributed by atoms with Crippen molar-refractivity contribution in [2.75, 3.05) is 6.23 Å². The second kappa shape index (κ2) is 3.32. The van der Waals surface area contributed by atoms with Gasteiger partial charge in [-0.05, 0) is 26.9 Å². The molecular weight excluding hydrogens is 135 g/mol. The molecule has 0 fully saturated rings. The SMILES string of the molecule is CC(C)OC[Si](C)(C)F. The summed E-state index contributed by atoms with van der Waals surface area (Å²) in [5, 5.41) is 0. The van der Waals surface area contributed by atoms with E-state index in [1.807, 2.05) is 13.8 Å². The third kappa shape index (κ3) is 8.11. The van der Waals surface area contributed by atoms with E-state index in [1.54, 1.807) is 13.1 Å². The Labute approximate surface area is 57.4 Å². The van der Waals surface area contributed by atoms with Gasteiger partial charge in [-0.2, -0.15) is 0 Å². The van der Waals surface area contributed by atoms with Crippen LogP contribution in [0.5, 0.6) is 0 Å². The topological polar surface area (TPSA) is 9.23 Å². The second-order valence-electron chi connectivity index (χ2n) is 3.08. The summed E-state index contributed by atoms with van der Waals surface area (Å²) in [6.07, 6.45) is 0.484. The van der Waals surface area contributed by atoms with Gasteiger partial charge in [0.1, 0.15) is 0 Å². The Morgan fingerprint density at radius 1 is 1.44 bits per heavy atom. The smallest absolute Gasteiger partial charge is 0.266 e. The van der Waals surface area contributed by atoms with Gasteiger partial charge in [0.15, 0.2) is 0 Å². The Hall–Kier alpha value is 0.107. The van der Waals surface area contributed by atoms with Crippen LogP contribution in [0.4, 0.5) is 4.11 Å². The lowest BCUT2D eigenvalue weighted by molar-refractivity contribution is 0.108. The van der Waals surface area contributed by atoms with Crippen molar-refractivity contribution in [3.8, 4) is 0 Å². The molecule has 0 aliphatic heterocycles. The van der Waals surface area contributed by atoms with Crippen LogP contribution in [-0.4, -0.2) is 20.7 Å². The quantitative estimate of drug-likeness (QED) is 0.442. The Balaban J connectivity index is 3.28. The molecule has 1 nitrogen and oxygen atoms in total. The van der Waals surface area contributed by atoms with Gasteiger partial charge >= 0.3 is 0 Å². The van der Waals surface area contributed by atoms with Gasteiger partial charge in [-0.1, -0.05) is 0 Å². The fraction of sp³-hybridized carbons (Fsp3) is 1.00. The van der Waals surface area contributed by atoms with Gasteiger partial charge in [0.05, 0.1) is 12.3 Å². The van der Waals surface area contributed by atoms with Gasteiger partial charge in [-0.15, -0.1) is 0 Å². The zero-order valence-corrected chi connectivity index (χ0v) is 7.57. The van der Waals surface area contributed by atoms with Crippen LogP contribution >= 0.6 is 0 Å². The van der Waals surface area contributed by atoms with E-state index in [0.29, 0.717) is 6.23 Å². The summed E-state index contributed by atoms with van der Waals surface area (Å²) in [6.45, 7) is 7.13. The van der Waals surface area contributed by atoms with Crippen LogP contribution in [0, 0.1) is 0 Å². The first kappa shape index (κ1) is 9.11. The number of hydrogen-bond acceptors (Lipinski definition) is 1. The number of rotatable bonds is 3. The maximum absolute atomic E-state index is 12.8. The molecule has 0 heterocycles. The van der Waals surface area contributed by atoms with Crippen LogP contribution in [0.2, 0.25) is 13.1 Å². The molecule has 0 aromatic heterocycles. The highest BCUT2D eigenvalue weighted by Crippen LogP contribution is 2.04. The monoisotopic (exact) mass is 150 g/mol. The molecule has 0 aliphatic rings. The minimum absolute atomic E-state index is 0.160. The first-order valence-corrected chi connectivity index (χ1v) is 6.31. The first-order chi connectivity index (χ1) is 3.92. The van der Waals surface area contributed by atoms with E-state index in [-0.39, 0.29) is 6.10 Å². The molecule has 3 heteroatoms. The Kier molecular flexibility index (Phi) is 3.36. The number of halogens is 1. The summed E-state index contributed by atoms with van der Waals surface area (Å²) in [7, 11) is -2.44. The predicted molar refractivity (Wildman–Crippen MR) is 39.7 cm³/mol. The summed E-state index contributed by atoms with van der Waals surface area (Å²) in [5.74, 6) is 0. The third-order valence-corrected chi connectivity index (χ3v) is 1.61. The van der Waals surface area contributed by atoms with Crippen molar-refractivity contribution in [2.45, 2.75) is 33.0 Å². The molecule has 0 saturated carbocycles. The average Bonchev–Trinajstić information content (AvgIpc) is 1.59. The number of hydrogen-bond donors (Lipinski definition) is 0. The van der Waals surface area contributed by atoms with E-state index in [1.165, 1.54) is 0 Å². The lowest BCUT2D eigenvalue weighted by Crippen LogP contribution is -2.28. The van der Waals surface area contributed by atoms with E-state index in [9.17, 15) is 4.11 Å². The second-order valence-corrected chi connectivity index (χ2v) is 6.80. The Bertz CT molecular complexity index is 77.6. The van der Waals surface area contributed by atoms with Gasteiger partial charge < -0.3 is 8.84 Å². The van der Waals surface area contributed by atoms with E-state index in [4.69, 9.17) is 4.74 Å². The van der Waals surface area contributed by atoms with Gasteiger partial charge in [0, 0.05) is 0 Å². The molecule has 9 heavy (non-hydrogen) atoms. The molecule has 0 aromatic carbocycles. The van der Waals surface area contributed by atoms with Gasteiger partial charge in [-0.25, -0.2) is 0 Å². The Morgan fingerprint density at radius 2 is 1.89 bits per heavy atom. The minimum Gasteiger partial charge on any atom is -0.379 e. The molecule has 56 valence electrons. The average molecular weight is 150 g/mol. The van der Waals surface area contributed by atoms with Crippen molar-refractivity contribution >= 4 is 8.41 Å². The summed E-state index contributed by atoms with van der Waals surface area (Å²) >= 11 is 0. The highest BCUT2D eigenvalue weighted by Gasteiger charge is 2.20. The molecular formula is C6H15FOSi. The van der Waals surface area contributed by atoms with E-state index >= 15 is 0 Å². The third-order valence-electron chi connectivity index (χ3n) is 0.760.